The number of amidine groups is 1. The molecule has 3 aliphatic carbocycles. The van der Waals surface area contributed by atoms with Gasteiger partial charge >= 0.3 is 6.03 Å². The molecule has 5 fully saturated rings. The summed E-state index contributed by atoms with van der Waals surface area (Å²) in [5.74, 6) is 0.506. The lowest BCUT2D eigenvalue weighted by Crippen LogP contribution is -2.76. The number of ether oxygens (including phenoxy) is 1. The van der Waals surface area contributed by atoms with Gasteiger partial charge in [0.25, 0.3) is 0 Å². The summed E-state index contributed by atoms with van der Waals surface area (Å²) in [6, 6.07) is 5.33. The van der Waals surface area contributed by atoms with E-state index in [1.165, 1.54) is 17.4 Å². The average molecular weight is 537 g/mol. The molecule has 0 unspecified atom stereocenters. The molecule has 2 amide bonds. The molecule has 3 aliphatic heterocycles. The molecule has 1 aromatic carbocycles. The second-order valence-electron chi connectivity index (χ2n) is 11.7. The van der Waals surface area contributed by atoms with Gasteiger partial charge in [-0.1, -0.05) is 12.1 Å². The van der Waals surface area contributed by atoms with Gasteiger partial charge in [0.1, 0.15) is 5.82 Å². The van der Waals surface area contributed by atoms with E-state index in [1.807, 2.05) is 18.4 Å². The highest BCUT2D eigenvalue weighted by atomic mass is 32.1. The van der Waals surface area contributed by atoms with Crippen molar-refractivity contribution in [2.45, 2.75) is 43.8 Å². The van der Waals surface area contributed by atoms with Gasteiger partial charge in [0, 0.05) is 68.1 Å². The Labute approximate surface area is 226 Å². The van der Waals surface area contributed by atoms with Crippen molar-refractivity contribution in [1.29, 1.82) is 0 Å². The molecule has 8 rings (SSSR count). The molecule has 10 heteroatoms. The molecule has 3 saturated carbocycles. The van der Waals surface area contributed by atoms with Gasteiger partial charge in [0.15, 0.2) is 10.8 Å². The van der Waals surface area contributed by atoms with Crippen molar-refractivity contribution in [2.75, 3.05) is 46.4 Å². The molecular formula is C28H33FN6O2S. The number of carbonyl (C=O) groups excluding carboxylic acids is 1. The van der Waals surface area contributed by atoms with Gasteiger partial charge < -0.3 is 19.9 Å². The van der Waals surface area contributed by atoms with Crippen molar-refractivity contribution in [2.24, 2.45) is 10.4 Å². The molecule has 200 valence electrons. The Morgan fingerprint density at radius 2 is 2.08 bits per heavy atom. The molecule has 2 bridgehead atoms. The molecule has 6 aliphatic rings. The highest BCUT2D eigenvalue weighted by Gasteiger charge is 2.72. The van der Waals surface area contributed by atoms with E-state index in [0.717, 1.165) is 80.7 Å². The topological polar surface area (TPSA) is 73.3 Å². The number of carbonyl (C=O) groups is 1. The van der Waals surface area contributed by atoms with E-state index >= 15 is 0 Å². The zero-order valence-electron chi connectivity index (χ0n) is 21.8. The molecule has 2 saturated heterocycles. The standard InChI is InChI=1S/C28H33FN6O2S/c1-18-21(4-3-5-22(18)29)23-10-19(31-24(32-23)25-30-6-9-38-25)11-33-7-8-34-20(12-33)13-35(26(34)36)28-14-27(15-28,16-28)17-37-2/h3-6,9-10,20,23H,7-8,11-17H2,1-2H3,(H,31,32)/t20-,23-,27?,28?/m0/s1. The summed E-state index contributed by atoms with van der Waals surface area (Å²) in [5, 5.41) is 6.26. The summed E-state index contributed by atoms with van der Waals surface area (Å²) in [5.41, 5.74) is 2.91. The number of fused-ring (bicyclic) bond motifs is 1. The fourth-order valence-electron chi connectivity index (χ4n) is 7.48. The van der Waals surface area contributed by atoms with Gasteiger partial charge in [-0.15, -0.1) is 11.3 Å². The molecule has 38 heavy (non-hydrogen) atoms. The quantitative estimate of drug-likeness (QED) is 0.586. The first-order valence-electron chi connectivity index (χ1n) is 13.4. The number of halogens is 1. The molecule has 2 aromatic rings. The summed E-state index contributed by atoms with van der Waals surface area (Å²) in [6.45, 7) is 6.55. The SMILES string of the molecule is COCC12CC(N3C[C@@H]4CN(CC5=C[C@@H](c6cccc(F)c6C)N=C(c6nccs6)N5)CCN4C3=O)(C1)C2. The van der Waals surface area contributed by atoms with E-state index in [4.69, 9.17) is 9.73 Å². The number of benzene rings is 1. The Balaban J connectivity index is 1.06. The van der Waals surface area contributed by atoms with Gasteiger partial charge in [-0.05, 0) is 49.5 Å². The highest BCUT2D eigenvalue weighted by molar-refractivity contribution is 7.11. The monoisotopic (exact) mass is 536 g/mol. The van der Waals surface area contributed by atoms with Crippen molar-refractivity contribution < 1.29 is 13.9 Å². The van der Waals surface area contributed by atoms with E-state index < -0.39 is 0 Å². The van der Waals surface area contributed by atoms with Crippen LogP contribution in [0.2, 0.25) is 0 Å². The molecule has 0 spiro atoms. The van der Waals surface area contributed by atoms with Crippen LogP contribution in [0.1, 0.15) is 41.4 Å². The minimum atomic E-state index is -0.283. The maximum atomic E-state index is 14.4. The molecular weight excluding hydrogens is 503 g/mol. The minimum Gasteiger partial charge on any atom is -0.384 e. The number of nitrogens with one attached hydrogen (secondary N) is 1. The maximum absolute atomic E-state index is 14.4. The summed E-state index contributed by atoms with van der Waals surface area (Å²) >= 11 is 1.53. The second kappa shape index (κ2) is 8.86. The largest absolute Gasteiger partial charge is 0.384 e. The Morgan fingerprint density at radius 1 is 1.24 bits per heavy atom. The van der Waals surface area contributed by atoms with E-state index in [2.05, 4.69) is 31.1 Å². The highest BCUT2D eigenvalue weighted by Crippen LogP contribution is 2.70. The minimum absolute atomic E-state index is 0.0698. The normalized spacial score (nSPS) is 32.2. The number of rotatable bonds is 7. The third kappa shape index (κ3) is 3.79. The van der Waals surface area contributed by atoms with Crippen LogP contribution in [0.5, 0.6) is 0 Å². The Hall–Kier alpha value is -2.82. The third-order valence-electron chi connectivity index (χ3n) is 9.14. The van der Waals surface area contributed by atoms with Crippen LogP contribution < -0.4 is 5.32 Å². The number of thiazole rings is 1. The third-order valence-corrected chi connectivity index (χ3v) is 9.92. The predicted molar refractivity (Wildman–Crippen MR) is 144 cm³/mol. The summed E-state index contributed by atoms with van der Waals surface area (Å²) in [6.07, 6.45) is 7.13. The number of hydrogen-bond acceptors (Lipinski definition) is 7. The van der Waals surface area contributed by atoms with Crippen LogP contribution in [0.4, 0.5) is 9.18 Å². The number of hydrogen-bond donors (Lipinski definition) is 1. The molecule has 4 heterocycles. The maximum Gasteiger partial charge on any atom is 0.320 e. The first kappa shape index (κ1) is 24.2. The fraction of sp³-hybridized carbons (Fsp3) is 0.536. The molecule has 2 atom stereocenters. The lowest BCUT2D eigenvalue weighted by atomic mass is 9.39. The van der Waals surface area contributed by atoms with Crippen LogP contribution in [0.25, 0.3) is 0 Å². The van der Waals surface area contributed by atoms with Crippen LogP contribution in [0, 0.1) is 18.2 Å². The summed E-state index contributed by atoms with van der Waals surface area (Å²) in [7, 11) is 1.77. The van der Waals surface area contributed by atoms with Gasteiger partial charge in [-0.25, -0.2) is 14.2 Å². The number of urea groups is 1. The Bertz CT molecular complexity index is 1310. The van der Waals surface area contributed by atoms with Gasteiger partial charge in [0.2, 0.25) is 0 Å². The Kier molecular flexibility index (Phi) is 5.65. The van der Waals surface area contributed by atoms with Crippen LogP contribution in [0.3, 0.4) is 0 Å². The van der Waals surface area contributed by atoms with E-state index in [0.29, 0.717) is 11.0 Å². The first-order valence-corrected chi connectivity index (χ1v) is 14.3. The van der Waals surface area contributed by atoms with Crippen molar-refractivity contribution >= 4 is 23.2 Å². The van der Waals surface area contributed by atoms with Crippen molar-refractivity contribution in [3.05, 3.63) is 63.5 Å². The smallest absolute Gasteiger partial charge is 0.320 e. The number of methoxy groups -OCH3 is 1. The first-order chi connectivity index (χ1) is 18.4. The molecule has 1 N–H and O–H groups in total. The van der Waals surface area contributed by atoms with Gasteiger partial charge in [-0.2, -0.15) is 0 Å². The summed E-state index contributed by atoms with van der Waals surface area (Å²) < 4.78 is 19.8. The van der Waals surface area contributed by atoms with Crippen LogP contribution in [-0.2, 0) is 4.74 Å². The number of aromatic nitrogens is 1. The van der Waals surface area contributed by atoms with E-state index in [9.17, 15) is 9.18 Å². The van der Waals surface area contributed by atoms with E-state index in [-0.39, 0.29) is 29.5 Å². The van der Waals surface area contributed by atoms with Crippen molar-refractivity contribution in [1.82, 2.24) is 25.0 Å². The van der Waals surface area contributed by atoms with E-state index in [1.54, 1.807) is 19.4 Å². The second-order valence-corrected chi connectivity index (χ2v) is 12.6. The number of aliphatic imine (C=N–C) groups is 1. The van der Waals surface area contributed by atoms with Gasteiger partial charge in [-0.3, -0.25) is 9.89 Å². The number of nitrogens with zero attached hydrogens (tertiary/aromatic N) is 5. The molecule has 8 nitrogen and oxygen atoms in total. The lowest BCUT2D eigenvalue weighted by Gasteiger charge is -2.73. The van der Waals surface area contributed by atoms with Crippen molar-refractivity contribution in [3.8, 4) is 0 Å². The number of amides is 2. The summed E-state index contributed by atoms with van der Waals surface area (Å²) in [4.78, 5) is 29.4. The van der Waals surface area contributed by atoms with Crippen LogP contribution in [0.15, 0.2) is 46.5 Å². The molecule has 0 radical (unpaired) electrons. The number of piperazine rings is 1. The zero-order chi connectivity index (χ0) is 26.1. The van der Waals surface area contributed by atoms with Gasteiger partial charge in [0.05, 0.1) is 18.7 Å². The lowest BCUT2D eigenvalue weighted by molar-refractivity contribution is -0.222. The Morgan fingerprint density at radius 3 is 2.84 bits per heavy atom. The average Bonchev–Trinajstić information content (AvgIpc) is 3.51. The van der Waals surface area contributed by atoms with Crippen LogP contribution in [-0.4, -0.2) is 89.6 Å². The zero-order valence-corrected chi connectivity index (χ0v) is 22.6. The molecule has 1 aromatic heterocycles. The van der Waals surface area contributed by atoms with Crippen molar-refractivity contribution in [3.63, 3.8) is 0 Å². The fourth-order valence-corrected chi connectivity index (χ4v) is 8.06. The predicted octanol–water partition coefficient (Wildman–Crippen LogP) is 3.56. The van der Waals surface area contributed by atoms with Crippen LogP contribution >= 0.6 is 11.3 Å².